The lowest BCUT2D eigenvalue weighted by molar-refractivity contribution is -0.00174. The molecule has 0 aliphatic carbocycles. The molecule has 0 heterocycles. The molecule has 0 amide bonds. The Morgan fingerprint density at radius 2 is 1.47 bits per heavy atom. The summed E-state index contributed by atoms with van der Waals surface area (Å²) >= 11 is 0. The first-order valence-electron chi connectivity index (χ1n) is 5.87. The summed E-state index contributed by atoms with van der Waals surface area (Å²) in [6.45, 7) is 8.43. The van der Waals surface area contributed by atoms with Crippen molar-refractivity contribution in [1.82, 2.24) is 0 Å². The molecule has 0 saturated carbocycles. The minimum Gasteiger partial charge on any atom is -0.450 e. The molecule has 0 aliphatic heterocycles. The number of ether oxygens (including phenoxy) is 1. The third-order valence-corrected chi connectivity index (χ3v) is 5.43. The zero-order valence-electron chi connectivity index (χ0n) is 10.9. The van der Waals surface area contributed by atoms with Crippen molar-refractivity contribution in [2.45, 2.75) is 39.8 Å². The summed E-state index contributed by atoms with van der Waals surface area (Å²) in [5.41, 5.74) is -0.681. The van der Waals surface area contributed by atoms with Gasteiger partial charge in [0.1, 0.15) is 0 Å². The number of carbonyl (C=O) groups is 1. The SMILES string of the molecule is CCO[Si](OCC)(OCC)C(CC)OC(=O)O. The summed E-state index contributed by atoms with van der Waals surface area (Å²) in [5.74, 6) is 0. The monoisotopic (exact) mass is 266 g/mol. The summed E-state index contributed by atoms with van der Waals surface area (Å²) in [5, 5.41) is 8.72. The molecule has 0 aromatic heterocycles. The van der Waals surface area contributed by atoms with E-state index in [1.807, 2.05) is 27.7 Å². The van der Waals surface area contributed by atoms with Crippen LogP contribution in [-0.2, 0) is 18.0 Å². The highest BCUT2D eigenvalue weighted by atomic mass is 28.4. The molecule has 0 aromatic carbocycles. The predicted molar refractivity (Wildman–Crippen MR) is 63.8 cm³/mol. The third kappa shape index (κ3) is 5.03. The summed E-state index contributed by atoms with van der Waals surface area (Å²) < 4.78 is 21.5. The van der Waals surface area contributed by atoms with E-state index >= 15 is 0 Å². The molecule has 102 valence electrons. The van der Waals surface area contributed by atoms with Crippen LogP contribution in [0.4, 0.5) is 4.79 Å². The molecule has 6 nitrogen and oxygen atoms in total. The summed E-state index contributed by atoms with van der Waals surface area (Å²) in [6, 6.07) is 0. The molecule has 1 atom stereocenters. The van der Waals surface area contributed by atoms with Gasteiger partial charge in [-0.05, 0) is 27.2 Å². The van der Waals surface area contributed by atoms with Crippen molar-refractivity contribution < 1.29 is 27.9 Å². The van der Waals surface area contributed by atoms with E-state index in [-0.39, 0.29) is 0 Å². The van der Waals surface area contributed by atoms with E-state index in [4.69, 9.17) is 23.1 Å². The number of hydrogen-bond donors (Lipinski definition) is 1. The molecule has 0 fully saturated rings. The number of rotatable bonds is 9. The Labute approximate surface area is 103 Å². The lowest BCUT2D eigenvalue weighted by atomic mass is 10.5. The van der Waals surface area contributed by atoms with Crippen LogP contribution in [0.25, 0.3) is 0 Å². The Kier molecular flexibility index (Phi) is 8.14. The maximum atomic E-state index is 10.7. The Hall–Kier alpha value is -0.633. The van der Waals surface area contributed by atoms with Crippen LogP contribution in [-0.4, -0.2) is 45.6 Å². The zero-order valence-corrected chi connectivity index (χ0v) is 11.9. The van der Waals surface area contributed by atoms with Crippen molar-refractivity contribution in [3.63, 3.8) is 0 Å². The van der Waals surface area contributed by atoms with Gasteiger partial charge in [-0.15, -0.1) is 0 Å². The Balaban J connectivity index is 4.96. The van der Waals surface area contributed by atoms with E-state index in [1.54, 1.807) is 0 Å². The van der Waals surface area contributed by atoms with E-state index in [1.165, 1.54) is 0 Å². The van der Waals surface area contributed by atoms with Gasteiger partial charge in [0.2, 0.25) is 0 Å². The summed E-state index contributed by atoms with van der Waals surface area (Å²) in [4.78, 5) is 10.7. The predicted octanol–water partition coefficient (Wildman–Crippen LogP) is 2.05. The van der Waals surface area contributed by atoms with Crippen LogP contribution in [0.3, 0.4) is 0 Å². The minimum atomic E-state index is -3.09. The number of carboxylic acid groups (broad SMARTS) is 1. The zero-order chi connectivity index (χ0) is 13.3. The second-order valence-corrected chi connectivity index (χ2v) is 5.90. The van der Waals surface area contributed by atoms with E-state index < -0.39 is 20.7 Å². The first kappa shape index (κ1) is 16.4. The Morgan fingerprint density at radius 1 is 1.06 bits per heavy atom. The van der Waals surface area contributed by atoms with Crippen LogP contribution in [0.1, 0.15) is 34.1 Å². The van der Waals surface area contributed by atoms with Gasteiger partial charge in [-0.3, -0.25) is 0 Å². The molecule has 17 heavy (non-hydrogen) atoms. The maximum absolute atomic E-state index is 10.7. The average Bonchev–Trinajstić information content (AvgIpc) is 2.26. The van der Waals surface area contributed by atoms with Crippen LogP contribution in [0.15, 0.2) is 0 Å². The molecule has 0 aliphatic rings. The molecule has 0 rings (SSSR count). The normalized spacial score (nSPS) is 13.4. The van der Waals surface area contributed by atoms with Crippen molar-refractivity contribution in [1.29, 1.82) is 0 Å². The van der Waals surface area contributed by atoms with Gasteiger partial charge < -0.3 is 23.1 Å². The Morgan fingerprint density at radius 3 is 1.71 bits per heavy atom. The summed E-state index contributed by atoms with van der Waals surface area (Å²) in [6.07, 6.45) is -0.883. The van der Waals surface area contributed by atoms with Crippen LogP contribution in [0, 0.1) is 0 Å². The quantitative estimate of drug-likeness (QED) is 0.508. The minimum absolute atomic E-state index is 0.395. The molecule has 0 aromatic rings. The first-order chi connectivity index (χ1) is 8.06. The van der Waals surface area contributed by atoms with Gasteiger partial charge >= 0.3 is 15.0 Å². The molecular weight excluding hydrogens is 244 g/mol. The highest BCUT2D eigenvalue weighted by molar-refractivity contribution is 6.62. The van der Waals surface area contributed by atoms with Gasteiger partial charge in [0.25, 0.3) is 0 Å². The second kappa shape index (κ2) is 8.46. The van der Waals surface area contributed by atoms with Crippen molar-refractivity contribution in [3.05, 3.63) is 0 Å². The highest BCUT2D eigenvalue weighted by Crippen LogP contribution is 2.20. The van der Waals surface area contributed by atoms with Gasteiger partial charge in [-0.25, -0.2) is 4.79 Å². The van der Waals surface area contributed by atoms with Crippen LogP contribution < -0.4 is 0 Å². The van der Waals surface area contributed by atoms with Crippen molar-refractivity contribution in [2.75, 3.05) is 19.8 Å². The topological polar surface area (TPSA) is 74.2 Å². The average molecular weight is 266 g/mol. The van der Waals surface area contributed by atoms with Crippen LogP contribution in [0.5, 0.6) is 0 Å². The van der Waals surface area contributed by atoms with Gasteiger partial charge in [-0.2, -0.15) is 0 Å². The second-order valence-electron chi connectivity index (χ2n) is 3.18. The van der Waals surface area contributed by atoms with E-state index in [2.05, 4.69) is 0 Å². The van der Waals surface area contributed by atoms with Crippen molar-refractivity contribution in [3.8, 4) is 0 Å². The number of hydrogen-bond acceptors (Lipinski definition) is 5. The Bertz CT molecular complexity index is 206. The van der Waals surface area contributed by atoms with Crippen LogP contribution in [0.2, 0.25) is 0 Å². The van der Waals surface area contributed by atoms with Gasteiger partial charge in [0, 0.05) is 19.8 Å². The van der Waals surface area contributed by atoms with E-state index in [0.29, 0.717) is 26.2 Å². The molecular formula is C10H22O6Si. The fourth-order valence-corrected chi connectivity index (χ4v) is 4.29. The van der Waals surface area contributed by atoms with E-state index in [0.717, 1.165) is 0 Å². The lowest BCUT2D eigenvalue weighted by Crippen LogP contribution is -2.57. The molecule has 1 unspecified atom stereocenters. The standard InChI is InChI=1S/C10H22O6Si/c1-5-9(16-10(11)12)17(13-6-2,14-7-3)15-8-4/h9H,5-8H2,1-4H3,(H,11,12). The largest absolute Gasteiger partial charge is 0.544 e. The molecule has 7 heteroatoms. The fraction of sp³-hybridized carbons (Fsp3) is 0.900. The maximum Gasteiger partial charge on any atom is 0.544 e. The molecule has 0 bridgehead atoms. The van der Waals surface area contributed by atoms with Gasteiger partial charge in [0.15, 0.2) is 5.73 Å². The lowest BCUT2D eigenvalue weighted by Gasteiger charge is -2.33. The summed E-state index contributed by atoms with van der Waals surface area (Å²) in [7, 11) is -3.09. The molecule has 0 saturated heterocycles. The van der Waals surface area contributed by atoms with E-state index in [9.17, 15) is 4.79 Å². The van der Waals surface area contributed by atoms with Gasteiger partial charge in [-0.1, -0.05) is 6.92 Å². The first-order valence-corrected chi connectivity index (χ1v) is 7.67. The molecule has 1 N–H and O–H groups in total. The fourth-order valence-electron chi connectivity index (χ4n) is 1.53. The van der Waals surface area contributed by atoms with Gasteiger partial charge in [0.05, 0.1) is 0 Å². The molecule has 0 radical (unpaired) electrons. The smallest absolute Gasteiger partial charge is 0.450 e. The van der Waals surface area contributed by atoms with Crippen molar-refractivity contribution in [2.24, 2.45) is 0 Å². The van der Waals surface area contributed by atoms with Crippen molar-refractivity contribution >= 4 is 15.0 Å². The third-order valence-electron chi connectivity index (χ3n) is 2.04. The molecule has 0 spiro atoms. The van der Waals surface area contributed by atoms with Crippen LogP contribution >= 0.6 is 0 Å². The highest BCUT2D eigenvalue weighted by Gasteiger charge is 2.51.